The van der Waals surface area contributed by atoms with Gasteiger partial charge in [0, 0.05) is 19.5 Å². The first-order chi connectivity index (χ1) is 18.5. The van der Waals surface area contributed by atoms with Crippen LogP contribution >= 0.6 is 0 Å². The number of allylic oxidation sites excluding steroid dienone is 1. The standard InChI is InChI=1S/C32H46N2O4/c1-3-4-9-28-13-14-29(38-28)12-10-24-11-15-31(36)32(18-24)37-17-16-27-19-26(21-34-27)30(22-33-20-23(2)35)25-7-5-6-8-25/h11,13-15,18-19,21,23,25,28,30,33,35,38H,3-10,12,16-17,20,22H2,1-2H3/p+1/t23-,28?,30+/m0/s1. The van der Waals surface area contributed by atoms with Crippen LogP contribution in [0.1, 0.15) is 77.2 Å². The van der Waals surface area contributed by atoms with Gasteiger partial charge in [-0.25, -0.2) is 0 Å². The number of aliphatic imine (C=N–C) groups is 1. The van der Waals surface area contributed by atoms with Gasteiger partial charge in [-0.15, -0.1) is 17.1 Å². The molecule has 2 aliphatic heterocycles. The van der Waals surface area contributed by atoms with Crippen molar-refractivity contribution in [2.75, 3.05) is 19.7 Å². The maximum Gasteiger partial charge on any atom is 0.178 e. The largest absolute Gasteiger partial charge is 0.504 e. The molecule has 4 rings (SSSR count). The van der Waals surface area contributed by atoms with Crippen molar-refractivity contribution in [3.63, 3.8) is 0 Å². The molecule has 0 aromatic heterocycles. The van der Waals surface area contributed by atoms with E-state index in [2.05, 4.69) is 35.5 Å². The lowest BCUT2D eigenvalue weighted by Crippen LogP contribution is -2.35. The Morgan fingerprint density at radius 2 is 2.08 bits per heavy atom. The number of phenols is 1. The van der Waals surface area contributed by atoms with Crippen molar-refractivity contribution in [1.82, 2.24) is 5.32 Å². The van der Waals surface area contributed by atoms with Gasteiger partial charge in [0.15, 0.2) is 17.2 Å². The first kappa shape index (κ1) is 28.6. The molecule has 1 aromatic rings. The predicted molar refractivity (Wildman–Crippen MR) is 154 cm³/mol. The van der Waals surface area contributed by atoms with Crippen LogP contribution in [-0.4, -0.2) is 53.1 Å². The Bertz CT molecular complexity index is 951. The molecule has 1 fully saturated rings. The summed E-state index contributed by atoms with van der Waals surface area (Å²) in [6.07, 6.45) is 21.0. The number of hydrogen-bond acceptors (Lipinski definition) is 5. The van der Waals surface area contributed by atoms with Gasteiger partial charge < -0.3 is 25.0 Å². The highest BCUT2D eigenvalue weighted by Crippen LogP contribution is 2.38. The number of ether oxygens (including phenoxy) is 2. The molecule has 208 valence electrons. The highest BCUT2D eigenvalue weighted by atomic mass is 16.5. The Balaban J connectivity index is 1.24. The fourth-order valence-corrected chi connectivity index (χ4v) is 5.74. The fourth-order valence-electron chi connectivity index (χ4n) is 5.74. The number of rotatable bonds is 16. The molecule has 1 unspecified atom stereocenters. The lowest BCUT2D eigenvalue weighted by molar-refractivity contribution is -0.0480. The molecule has 3 aliphatic rings. The zero-order chi connectivity index (χ0) is 26.7. The molecular weight excluding hydrogens is 476 g/mol. The van der Waals surface area contributed by atoms with E-state index in [0.717, 1.165) is 43.2 Å². The molecular formula is C32H47N2O4+. The number of nitrogens with zero attached hydrogens (tertiary/aromatic N) is 1. The van der Waals surface area contributed by atoms with Gasteiger partial charge in [-0.2, -0.15) is 0 Å². The molecule has 4 N–H and O–H groups in total. The highest BCUT2D eigenvalue weighted by Gasteiger charge is 2.37. The molecule has 1 aromatic carbocycles. The minimum Gasteiger partial charge on any atom is -0.504 e. The van der Waals surface area contributed by atoms with Crippen molar-refractivity contribution in [2.24, 2.45) is 16.8 Å². The van der Waals surface area contributed by atoms with Crippen LogP contribution in [0.5, 0.6) is 11.5 Å². The average molecular weight is 524 g/mol. The van der Waals surface area contributed by atoms with Gasteiger partial charge >= 0.3 is 0 Å². The lowest BCUT2D eigenvalue weighted by Gasteiger charge is -2.22. The molecule has 0 saturated heterocycles. The second-order valence-corrected chi connectivity index (χ2v) is 11.1. The van der Waals surface area contributed by atoms with Crippen LogP contribution in [0.2, 0.25) is 0 Å². The van der Waals surface area contributed by atoms with Crippen molar-refractivity contribution in [1.29, 1.82) is 0 Å². The molecule has 6 heteroatoms. The first-order valence-corrected chi connectivity index (χ1v) is 14.7. The van der Waals surface area contributed by atoms with Gasteiger partial charge in [0.25, 0.3) is 0 Å². The maximum absolute atomic E-state index is 10.3. The number of aliphatic hydroxyl groups is 3. The maximum atomic E-state index is 10.3. The van der Waals surface area contributed by atoms with E-state index < -0.39 is 0 Å². The number of aryl methyl sites for hydroxylation is 1. The van der Waals surface area contributed by atoms with Crippen LogP contribution in [0.25, 0.3) is 0 Å². The molecule has 1 aliphatic carbocycles. The second kappa shape index (κ2) is 14.7. The summed E-state index contributed by atoms with van der Waals surface area (Å²) in [6, 6.07) is 5.65. The number of hydrogen-bond donors (Lipinski definition) is 3. The summed E-state index contributed by atoms with van der Waals surface area (Å²) in [5, 5.41) is 23.4. The summed E-state index contributed by atoms with van der Waals surface area (Å²) in [7, 11) is 0. The molecule has 0 spiro atoms. The zero-order valence-corrected chi connectivity index (χ0v) is 23.2. The summed E-state index contributed by atoms with van der Waals surface area (Å²) in [5.74, 6) is 3.10. The molecule has 38 heavy (non-hydrogen) atoms. The van der Waals surface area contributed by atoms with Gasteiger partial charge in [0.05, 0.1) is 24.5 Å². The van der Waals surface area contributed by atoms with Crippen molar-refractivity contribution in [3.8, 4) is 11.5 Å². The molecule has 0 bridgehead atoms. The molecule has 0 amide bonds. The van der Waals surface area contributed by atoms with E-state index in [-0.39, 0.29) is 11.9 Å². The quantitative estimate of drug-likeness (QED) is 0.194. The van der Waals surface area contributed by atoms with E-state index >= 15 is 0 Å². The lowest BCUT2D eigenvalue weighted by atomic mass is 9.81. The predicted octanol–water partition coefficient (Wildman–Crippen LogP) is 5.60. The van der Waals surface area contributed by atoms with Crippen LogP contribution in [0.3, 0.4) is 0 Å². The van der Waals surface area contributed by atoms with E-state index in [1.165, 1.54) is 44.4 Å². The van der Waals surface area contributed by atoms with E-state index in [4.69, 9.17) is 9.47 Å². The van der Waals surface area contributed by atoms with Crippen molar-refractivity contribution >= 4 is 6.21 Å². The normalized spacial score (nSPS) is 20.9. The van der Waals surface area contributed by atoms with E-state index in [9.17, 15) is 10.2 Å². The minimum absolute atomic E-state index is 0.174. The van der Waals surface area contributed by atoms with Gasteiger partial charge in [-0.05, 0) is 62.6 Å². The SMILES string of the molecule is CCCCC1C=C[C-](CCc2ccc(O)c(OCCC3=C[C+]([C@H](CNC[C@H](C)O)C4CCCC4)C=N3)c2)[OH+]1. The number of benzene rings is 1. The van der Waals surface area contributed by atoms with Gasteiger partial charge in [0.1, 0.15) is 30.9 Å². The Morgan fingerprint density at radius 3 is 2.87 bits per heavy atom. The van der Waals surface area contributed by atoms with Crippen molar-refractivity contribution < 1.29 is 19.7 Å². The summed E-state index contributed by atoms with van der Waals surface area (Å²) in [6.45, 7) is 5.99. The summed E-state index contributed by atoms with van der Waals surface area (Å²) < 4.78 is 10.8. The van der Waals surface area contributed by atoms with Crippen LogP contribution in [-0.2, 0) is 6.42 Å². The highest BCUT2D eigenvalue weighted by molar-refractivity contribution is 5.83. The minimum atomic E-state index is -0.337. The third-order valence-electron chi connectivity index (χ3n) is 7.92. The molecule has 1 saturated carbocycles. The van der Waals surface area contributed by atoms with E-state index in [1.54, 1.807) is 6.07 Å². The molecule has 6 nitrogen and oxygen atoms in total. The molecule has 2 heterocycles. The van der Waals surface area contributed by atoms with Crippen LogP contribution in [0.15, 0.2) is 47.1 Å². The Kier molecular flexibility index (Phi) is 11.0. The van der Waals surface area contributed by atoms with E-state index in [1.807, 2.05) is 25.3 Å². The fraction of sp³-hybridized carbons (Fsp3) is 0.594. The summed E-state index contributed by atoms with van der Waals surface area (Å²) in [4.78, 5) is 4.68. The smallest absolute Gasteiger partial charge is 0.178 e. The van der Waals surface area contributed by atoms with Crippen molar-refractivity contribution in [2.45, 2.75) is 90.3 Å². The third-order valence-corrected chi connectivity index (χ3v) is 7.92. The number of nitrogens with one attached hydrogen (secondary N) is 1. The Labute approximate surface area is 229 Å². The number of unbranched alkanes of at least 4 members (excludes halogenated alkanes) is 1. The second-order valence-electron chi connectivity index (χ2n) is 11.1. The van der Waals surface area contributed by atoms with Gasteiger partial charge in [-0.1, -0.05) is 32.3 Å². The number of aromatic hydroxyl groups is 1. The molecule has 3 atom stereocenters. The summed E-state index contributed by atoms with van der Waals surface area (Å²) >= 11 is 0. The number of phenolic OH excluding ortho intramolecular Hbond substituents is 1. The zero-order valence-electron chi connectivity index (χ0n) is 23.2. The van der Waals surface area contributed by atoms with Gasteiger partial charge in [0.2, 0.25) is 0 Å². The topological polar surface area (TPSA) is 86.9 Å². The monoisotopic (exact) mass is 523 g/mol. The van der Waals surface area contributed by atoms with Crippen molar-refractivity contribution in [3.05, 3.63) is 59.7 Å². The van der Waals surface area contributed by atoms with Crippen LogP contribution in [0.4, 0.5) is 0 Å². The Hall–Kier alpha value is -2.41. The summed E-state index contributed by atoms with van der Waals surface area (Å²) in [5.41, 5.74) is 2.17. The molecule has 0 radical (unpaired) electrons. The van der Waals surface area contributed by atoms with Crippen LogP contribution in [0, 0.1) is 23.9 Å². The van der Waals surface area contributed by atoms with E-state index in [0.29, 0.717) is 43.3 Å². The van der Waals surface area contributed by atoms with Crippen LogP contribution < -0.4 is 10.1 Å². The Morgan fingerprint density at radius 1 is 1.24 bits per heavy atom. The van der Waals surface area contributed by atoms with Gasteiger partial charge in [-0.3, -0.25) is 0 Å². The third kappa shape index (κ3) is 8.55. The number of aliphatic hydroxyl groups excluding tert-OH is 1. The first-order valence-electron chi connectivity index (χ1n) is 14.7. The average Bonchev–Trinajstić information content (AvgIpc) is 3.68.